The number of likely N-dealkylation sites (N-methyl/N-ethyl adjacent to an activating group) is 1. The summed E-state index contributed by atoms with van der Waals surface area (Å²) < 4.78 is 5.25. The molecule has 10 nitrogen and oxygen atoms in total. The third kappa shape index (κ3) is 5.34. The van der Waals surface area contributed by atoms with E-state index in [-0.39, 0.29) is 25.3 Å². The maximum Gasteiger partial charge on any atom is 0.305 e. The normalized spacial score (nSPS) is 12.2. The van der Waals surface area contributed by atoms with Crippen molar-refractivity contribution >= 4 is 55.3 Å². The minimum absolute atomic E-state index is 0.0747. The van der Waals surface area contributed by atoms with Crippen molar-refractivity contribution in [2.75, 3.05) is 25.1 Å². The first-order valence-electron chi connectivity index (χ1n) is 12.9. The van der Waals surface area contributed by atoms with Gasteiger partial charge in [0.2, 0.25) is 0 Å². The molecule has 0 aromatic heterocycles. The van der Waals surface area contributed by atoms with Crippen LogP contribution < -0.4 is 4.90 Å². The van der Waals surface area contributed by atoms with Crippen LogP contribution in [0.15, 0.2) is 72.8 Å². The number of carbonyl (C=O) groups excluding carboxylic acids is 1. The fourth-order valence-corrected chi connectivity index (χ4v) is 5.26. The van der Waals surface area contributed by atoms with E-state index in [0.717, 1.165) is 17.7 Å². The molecule has 0 saturated heterocycles. The van der Waals surface area contributed by atoms with Crippen molar-refractivity contribution in [2.24, 2.45) is 0 Å². The average Bonchev–Trinajstić information content (AvgIpc) is 2.95. The average molecular weight is 542 g/mol. The molecule has 10 heteroatoms. The molecule has 0 saturated carbocycles. The predicted octanol–water partition coefficient (Wildman–Crippen LogP) is 5.76. The molecule has 0 aliphatic rings. The van der Waals surface area contributed by atoms with Crippen LogP contribution >= 0.6 is 0 Å². The summed E-state index contributed by atoms with van der Waals surface area (Å²) in [5, 5.41) is 39.9. The number of hydrogen-bond donors (Lipinski definition) is 1. The molecule has 0 aliphatic heterocycles. The van der Waals surface area contributed by atoms with E-state index in [0.29, 0.717) is 12.8 Å². The third-order valence-electron chi connectivity index (χ3n) is 7.15. The lowest BCUT2D eigenvalue weighted by molar-refractivity contribution is -0.393. The molecule has 1 N–H and O–H groups in total. The van der Waals surface area contributed by atoms with Gasteiger partial charge in [-0.3, -0.25) is 25.0 Å². The summed E-state index contributed by atoms with van der Waals surface area (Å²) in [4.78, 5) is 34.7. The van der Waals surface area contributed by atoms with Gasteiger partial charge in [-0.1, -0.05) is 54.6 Å². The first-order chi connectivity index (χ1) is 19.2. The van der Waals surface area contributed by atoms with E-state index in [1.807, 2.05) is 0 Å². The van der Waals surface area contributed by atoms with E-state index in [2.05, 4.69) is 54.6 Å². The Balaban J connectivity index is 1.16. The van der Waals surface area contributed by atoms with Crippen molar-refractivity contribution in [3.8, 4) is 0 Å². The highest BCUT2D eigenvalue weighted by Crippen LogP contribution is 2.36. The smallest absolute Gasteiger partial charge is 0.305 e. The number of esters is 1. The van der Waals surface area contributed by atoms with Gasteiger partial charge in [-0.2, -0.15) is 0 Å². The summed E-state index contributed by atoms with van der Waals surface area (Å²) in [6.45, 7) is -0.350. The molecule has 5 aromatic rings. The van der Waals surface area contributed by atoms with Crippen LogP contribution in [0.5, 0.6) is 0 Å². The van der Waals surface area contributed by atoms with E-state index in [4.69, 9.17) is 4.74 Å². The predicted molar refractivity (Wildman–Crippen MR) is 153 cm³/mol. The molecule has 5 aromatic carbocycles. The first kappa shape index (κ1) is 26.8. The fraction of sp³-hybridized carbons (Fsp3) is 0.233. The van der Waals surface area contributed by atoms with Crippen LogP contribution in [0.4, 0.5) is 17.1 Å². The number of nitro groups is 2. The Morgan fingerprint density at radius 2 is 1.60 bits per heavy atom. The van der Waals surface area contributed by atoms with Gasteiger partial charge >= 0.3 is 5.97 Å². The van der Waals surface area contributed by atoms with Crippen LogP contribution in [0.2, 0.25) is 0 Å². The Labute approximate surface area is 229 Å². The summed E-state index contributed by atoms with van der Waals surface area (Å²) in [5.74, 6) is -0.444. The summed E-state index contributed by atoms with van der Waals surface area (Å²) in [7, 11) is 1.51. The molecule has 204 valence electrons. The van der Waals surface area contributed by atoms with E-state index in [1.165, 1.54) is 50.3 Å². The monoisotopic (exact) mass is 541 g/mol. The fourth-order valence-electron chi connectivity index (χ4n) is 5.26. The van der Waals surface area contributed by atoms with Crippen molar-refractivity contribution < 1.29 is 24.5 Å². The van der Waals surface area contributed by atoms with Crippen molar-refractivity contribution in [3.05, 3.63) is 98.6 Å². The van der Waals surface area contributed by atoms with Gasteiger partial charge in [-0.15, -0.1) is 0 Å². The number of ether oxygens (including phenoxy) is 1. The molecule has 1 atom stereocenters. The molecule has 0 radical (unpaired) electrons. The van der Waals surface area contributed by atoms with Crippen LogP contribution in [0.1, 0.15) is 18.4 Å². The highest BCUT2D eigenvalue weighted by atomic mass is 16.6. The van der Waals surface area contributed by atoms with Gasteiger partial charge in [-0.05, 0) is 56.8 Å². The van der Waals surface area contributed by atoms with Crippen molar-refractivity contribution in [3.63, 3.8) is 0 Å². The third-order valence-corrected chi connectivity index (χ3v) is 7.15. The molecular weight excluding hydrogens is 514 g/mol. The van der Waals surface area contributed by atoms with Crippen molar-refractivity contribution in [1.29, 1.82) is 0 Å². The maximum absolute atomic E-state index is 12.4. The van der Waals surface area contributed by atoms with E-state index in [9.17, 15) is 30.1 Å². The Kier molecular flexibility index (Phi) is 7.43. The summed E-state index contributed by atoms with van der Waals surface area (Å²) in [5.41, 5.74) is 0.410. The Hall–Kier alpha value is -4.83. The largest absolute Gasteiger partial charge is 0.463 e. The van der Waals surface area contributed by atoms with Crippen LogP contribution in [0, 0.1) is 20.2 Å². The summed E-state index contributed by atoms with van der Waals surface area (Å²) >= 11 is 0. The number of nitrogens with zero attached hydrogens (tertiary/aromatic N) is 3. The zero-order valence-corrected chi connectivity index (χ0v) is 21.8. The lowest BCUT2D eigenvalue weighted by Crippen LogP contribution is -2.33. The molecule has 0 aliphatic carbocycles. The molecule has 1 unspecified atom stereocenters. The van der Waals surface area contributed by atoms with Crippen LogP contribution in [0.25, 0.3) is 32.3 Å². The number of rotatable bonds is 11. The quantitative estimate of drug-likeness (QED) is 0.0964. The van der Waals surface area contributed by atoms with Gasteiger partial charge < -0.3 is 14.7 Å². The Bertz CT molecular complexity index is 1720. The van der Waals surface area contributed by atoms with Crippen molar-refractivity contribution in [1.82, 2.24) is 0 Å². The SMILES string of the molecule is CN(CC(O)COC(=O)CCCc1ccc2ccc3cccc4ccc1c2c34)c1ccc([N+](=O)[O-])cc1[N+](=O)[O-]. The lowest BCUT2D eigenvalue weighted by atomic mass is 9.90. The van der Waals surface area contributed by atoms with Gasteiger partial charge in [0.05, 0.1) is 15.9 Å². The number of aliphatic hydroxyl groups is 1. The van der Waals surface area contributed by atoms with Gasteiger partial charge in [0, 0.05) is 26.1 Å². The number of nitro benzene ring substituents is 2. The second-order valence-corrected chi connectivity index (χ2v) is 9.84. The maximum atomic E-state index is 12.4. The number of aryl methyl sites for hydroxylation is 1. The molecule has 0 fully saturated rings. The van der Waals surface area contributed by atoms with Crippen LogP contribution in [-0.4, -0.2) is 47.2 Å². The number of benzene rings is 5. The van der Waals surface area contributed by atoms with Crippen LogP contribution in [-0.2, 0) is 16.0 Å². The van der Waals surface area contributed by atoms with Gasteiger partial charge in [0.25, 0.3) is 11.4 Å². The number of carbonyl (C=O) groups is 1. The molecule has 0 heterocycles. The number of aliphatic hydroxyl groups excluding tert-OH is 1. The first-order valence-corrected chi connectivity index (χ1v) is 12.9. The molecule has 0 amide bonds. The number of hydrogen-bond acceptors (Lipinski definition) is 8. The number of non-ortho nitro benzene ring substituents is 1. The van der Waals surface area contributed by atoms with Gasteiger partial charge in [0.1, 0.15) is 18.4 Å². The summed E-state index contributed by atoms with van der Waals surface area (Å²) in [6, 6.07) is 22.3. The highest BCUT2D eigenvalue weighted by molar-refractivity contribution is 6.23. The van der Waals surface area contributed by atoms with E-state index in [1.54, 1.807) is 0 Å². The molecule has 40 heavy (non-hydrogen) atoms. The number of anilines is 1. The Morgan fingerprint density at radius 1 is 0.925 bits per heavy atom. The zero-order valence-electron chi connectivity index (χ0n) is 21.8. The van der Waals surface area contributed by atoms with Crippen LogP contribution in [0.3, 0.4) is 0 Å². The lowest BCUT2D eigenvalue weighted by Gasteiger charge is -2.22. The minimum atomic E-state index is -1.11. The van der Waals surface area contributed by atoms with Gasteiger partial charge in [-0.25, -0.2) is 0 Å². The molecule has 0 spiro atoms. The second-order valence-electron chi connectivity index (χ2n) is 9.84. The second kappa shape index (κ2) is 11.1. The zero-order chi connectivity index (χ0) is 28.4. The minimum Gasteiger partial charge on any atom is -0.463 e. The summed E-state index contributed by atoms with van der Waals surface area (Å²) in [6.07, 6.45) is 0.339. The molecule has 0 bridgehead atoms. The standard InChI is InChI=1S/C30H27N3O7/c1-31(26-15-13-23(32(36)37)16-27(26)33(38)39)17-24(34)18-40-28(35)7-3-4-19-8-9-22-11-10-20-5-2-6-21-12-14-25(19)30(22)29(20)21/h2,5-6,8-16,24,34H,3-4,7,17-18H2,1H3. The topological polar surface area (TPSA) is 136 Å². The Morgan fingerprint density at radius 3 is 2.30 bits per heavy atom. The molecular formula is C30H27N3O7. The highest BCUT2D eigenvalue weighted by Gasteiger charge is 2.23. The van der Waals surface area contributed by atoms with Crippen molar-refractivity contribution in [2.45, 2.75) is 25.4 Å². The van der Waals surface area contributed by atoms with E-state index >= 15 is 0 Å². The van der Waals surface area contributed by atoms with E-state index < -0.39 is 33.3 Å². The molecule has 5 rings (SSSR count). The van der Waals surface area contributed by atoms with Gasteiger partial charge in [0.15, 0.2) is 0 Å².